The highest BCUT2D eigenvalue weighted by Crippen LogP contribution is 2.17. The molecule has 134 valence electrons. The van der Waals surface area contributed by atoms with E-state index in [1.807, 2.05) is 0 Å². The van der Waals surface area contributed by atoms with E-state index in [-0.39, 0.29) is 29.8 Å². The van der Waals surface area contributed by atoms with Crippen molar-refractivity contribution in [2.45, 2.75) is 62.3 Å². The third-order valence-electron chi connectivity index (χ3n) is 4.22. The number of amides is 1. The quantitative estimate of drug-likeness (QED) is 0.746. The maximum Gasteiger partial charge on any atom is 0.240 e. The van der Waals surface area contributed by atoms with Gasteiger partial charge >= 0.3 is 0 Å². The van der Waals surface area contributed by atoms with Crippen molar-refractivity contribution < 1.29 is 13.2 Å². The Hall–Kier alpha value is -0.920. The molecule has 0 radical (unpaired) electrons. The van der Waals surface area contributed by atoms with Gasteiger partial charge in [-0.15, -0.1) is 0 Å². The van der Waals surface area contributed by atoms with E-state index in [0.717, 1.165) is 25.7 Å². The molecule has 7 heteroatoms. The van der Waals surface area contributed by atoms with Crippen molar-refractivity contribution in [3.63, 3.8) is 0 Å². The summed E-state index contributed by atoms with van der Waals surface area (Å²) in [5.74, 6) is -0.0856. The molecule has 1 fully saturated rings. The fourth-order valence-corrected chi connectivity index (χ4v) is 4.54. The summed E-state index contributed by atoms with van der Waals surface area (Å²) in [6.45, 7) is 0.105. The number of sulfonamides is 1. The zero-order valence-electron chi connectivity index (χ0n) is 13.8. The summed E-state index contributed by atoms with van der Waals surface area (Å²) in [5.41, 5.74) is 0. The Kier molecular flexibility index (Phi) is 7.71. The van der Waals surface area contributed by atoms with Crippen LogP contribution in [0.25, 0.3) is 0 Å². The Morgan fingerprint density at radius 1 is 1.12 bits per heavy atom. The normalized spacial score (nSPS) is 17.0. The zero-order chi connectivity index (χ0) is 17.4. The molecule has 1 aromatic carbocycles. The first-order chi connectivity index (χ1) is 11.5. The van der Waals surface area contributed by atoms with Crippen molar-refractivity contribution in [3.8, 4) is 0 Å². The molecular formula is C17H25BrN2O3S. The minimum Gasteiger partial charge on any atom is -0.353 e. The molecule has 1 aromatic rings. The van der Waals surface area contributed by atoms with E-state index in [9.17, 15) is 13.2 Å². The Morgan fingerprint density at radius 2 is 1.79 bits per heavy atom. The van der Waals surface area contributed by atoms with Gasteiger partial charge in [0, 0.05) is 23.5 Å². The first-order valence-electron chi connectivity index (χ1n) is 8.52. The molecule has 0 aromatic heterocycles. The predicted molar refractivity (Wildman–Crippen MR) is 98.2 cm³/mol. The standard InChI is InChI=1S/C17H25BrN2O3S/c18-14-7-6-10-16(13-14)24(22,23)19-12-11-17(21)20-15-8-4-2-1-3-5-9-15/h6-7,10,13,15,19H,1-5,8-9,11-12H2,(H,20,21). The number of carbonyl (C=O) groups excluding carboxylic acids is 1. The molecule has 0 aliphatic heterocycles. The molecule has 24 heavy (non-hydrogen) atoms. The van der Waals surface area contributed by atoms with Gasteiger partial charge in [-0.05, 0) is 31.0 Å². The topological polar surface area (TPSA) is 75.3 Å². The van der Waals surface area contributed by atoms with Crippen molar-refractivity contribution in [1.29, 1.82) is 0 Å². The molecule has 0 heterocycles. The van der Waals surface area contributed by atoms with Gasteiger partial charge in [0.1, 0.15) is 0 Å². The predicted octanol–water partition coefficient (Wildman–Crippen LogP) is 3.35. The molecule has 1 aliphatic carbocycles. The Labute approximate surface area is 152 Å². The number of benzene rings is 1. The first-order valence-corrected chi connectivity index (χ1v) is 10.8. The first kappa shape index (κ1) is 19.4. The molecular weight excluding hydrogens is 392 g/mol. The van der Waals surface area contributed by atoms with E-state index in [1.165, 1.54) is 31.4 Å². The van der Waals surface area contributed by atoms with Crippen LogP contribution in [0.2, 0.25) is 0 Å². The van der Waals surface area contributed by atoms with E-state index in [1.54, 1.807) is 12.1 Å². The van der Waals surface area contributed by atoms with Crippen LogP contribution < -0.4 is 10.0 Å². The van der Waals surface area contributed by atoms with Crippen LogP contribution in [-0.2, 0) is 14.8 Å². The van der Waals surface area contributed by atoms with E-state index in [2.05, 4.69) is 26.0 Å². The third-order valence-corrected chi connectivity index (χ3v) is 6.17. The second-order valence-electron chi connectivity index (χ2n) is 6.21. The molecule has 0 spiro atoms. The van der Waals surface area contributed by atoms with Crippen LogP contribution in [0.15, 0.2) is 33.6 Å². The lowest BCUT2D eigenvalue weighted by Crippen LogP contribution is -2.37. The molecule has 1 aliphatic rings. The second kappa shape index (κ2) is 9.53. The van der Waals surface area contributed by atoms with Gasteiger partial charge in [-0.3, -0.25) is 4.79 Å². The van der Waals surface area contributed by atoms with Gasteiger partial charge in [0.25, 0.3) is 0 Å². The average molecular weight is 417 g/mol. The summed E-state index contributed by atoms with van der Waals surface area (Å²) in [6.07, 6.45) is 8.27. The lowest BCUT2D eigenvalue weighted by atomic mass is 9.96. The summed E-state index contributed by atoms with van der Waals surface area (Å²) in [4.78, 5) is 12.2. The van der Waals surface area contributed by atoms with E-state index < -0.39 is 10.0 Å². The smallest absolute Gasteiger partial charge is 0.240 e. The van der Waals surface area contributed by atoms with Gasteiger partial charge in [-0.25, -0.2) is 13.1 Å². The minimum atomic E-state index is -3.58. The van der Waals surface area contributed by atoms with Gasteiger partial charge in [0.05, 0.1) is 4.90 Å². The highest BCUT2D eigenvalue weighted by atomic mass is 79.9. The lowest BCUT2D eigenvalue weighted by Gasteiger charge is -2.21. The largest absolute Gasteiger partial charge is 0.353 e. The van der Waals surface area contributed by atoms with E-state index in [4.69, 9.17) is 0 Å². The van der Waals surface area contributed by atoms with E-state index >= 15 is 0 Å². The van der Waals surface area contributed by atoms with Crippen LogP contribution in [-0.4, -0.2) is 26.9 Å². The molecule has 1 saturated carbocycles. The van der Waals surface area contributed by atoms with Gasteiger partial charge in [0.2, 0.25) is 15.9 Å². The lowest BCUT2D eigenvalue weighted by molar-refractivity contribution is -0.121. The van der Waals surface area contributed by atoms with Crippen molar-refractivity contribution in [3.05, 3.63) is 28.7 Å². The molecule has 0 unspecified atom stereocenters. The number of hydrogen-bond donors (Lipinski definition) is 2. The van der Waals surface area contributed by atoms with E-state index in [0.29, 0.717) is 4.47 Å². The number of carbonyl (C=O) groups is 1. The fourth-order valence-electron chi connectivity index (χ4n) is 2.92. The van der Waals surface area contributed by atoms with Crippen molar-refractivity contribution in [2.24, 2.45) is 0 Å². The maximum absolute atomic E-state index is 12.2. The van der Waals surface area contributed by atoms with Crippen molar-refractivity contribution in [1.82, 2.24) is 10.0 Å². The SMILES string of the molecule is O=C(CCNS(=O)(=O)c1cccc(Br)c1)NC1CCCCCCC1. The second-order valence-corrected chi connectivity index (χ2v) is 8.90. The summed E-state index contributed by atoms with van der Waals surface area (Å²) in [5, 5.41) is 3.04. The van der Waals surface area contributed by atoms with Crippen molar-refractivity contribution in [2.75, 3.05) is 6.54 Å². The zero-order valence-corrected chi connectivity index (χ0v) is 16.2. The van der Waals surface area contributed by atoms with Crippen LogP contribution in [0.3, 0.4) is 0 Å². The minimum absolute atomic E-state index is 0.0856. The number of nitrogens with one attached hydrogen (secondary N) is 2. The molecule has 0 bridgehead atoms. The molecule has 0 atom stereocenters. The monoisotopic (exact) mass is 416 g/mol. The van der Waals surface area contributed by atoms with Crippen LogP contribution in [0.5, 0.6) is 0 Å². The Bertz CT molecular complexity index is 641. The summed E-state index contributed by atoms with van der Waals surface area (Å²) in [6, 6.07) is 6.74. The van der Waals surface area contributed by atoms with Gasteiger partial charge in [0.15, 0.2) is 0 Å². The number of rotatable bonds is 6. The maximum atomic E-state index is 12.2. The fraction of sp³-hybridized carbons (Fsp3) is 0.588. The number of halogens is 1. The third kappa shape index (κ3) is 6.53. The van der Waals surface area contributed by atoms with Gasteiger partial charge < -0.3 is 5.32 Å². The van der Waals surface area contributed by atoms with Crippen LogP contribution in [0.4, 0.5) is 0 Å². The summed E-state index contributed by atoms with van der Waals surface area (Å²) >= 11 is 3.26. The van der Waals surface area contributed by atoms with Gasteiger partial charge in [-0.1, -0.05) is 54.1 Å². The summed E-state index contributed by atoms with van der Waals surface area (Å²) < 4.78 is 27.5. The van der Waals surface area contributed by atoms with Crippen LogP contribution >= 0.6 is 15.9 Å². The number of hydrogen-bond acceptors (Lipinski definition) is 3. The summed E-state index contributed by atoms with van der Waals surface area (Å²) in [7, 11) is -3.58. The molecule has 5 nitrogen and oxygen atoms in total. The highest BCUT2D eigenvalue weighted by molar-refractivity contribution is 9.10. The Morgan fingerprint density at radius 3 is 2.46 bits per heavy atom. The Balaban J connectivity index is 1.77. The van der Waals surface area contributed by atoms with Crippen LogP contribution in [0.1, 0.15) is 51.4 Å². The molecule has 2 N–H and O–H groups in total. The van der Waals surface area contributed by atoms with Gasteiger partial charge in [-0.2, -0.15) is 0 Å². The highest BCUT2D eigenvalue weighted by Gasteiger charge is 2.16. The molecule has 0 saturated heterocycles. The average Bonchev–Trinajstić information content (AvgIpc) is 2.49. The molecule has 1 amide bonds. The molecule has 2 rings (SSSR count). The van der Waals surface area contributed by atoms with Crippen LogP contribution in [0, 0.1) is 0 Å². The van der Waals surface area contributed by atoms with Crippen molar-refractivity contribution >= 4 is 31.9 Å².